The van der Waals surface area contributed by atoms with Gasteiger partial charge in [-0.05, 0) is 83.7 Å². The fraction of sp³-hybridized carbons (Fsp3) is 0.633. The van der Waals surface area contributed by atoms with Crippen molar-refractivity contribution in [1.82, 2.24) is 20.0 Å². The molecule has 214 valence electrons. The second-order valence-corrected chi connectivity index (χ2v) is 12.2. The van der Waals surface area contributed by atoms with Crippen molar-refractivity contribution in [3.8, 4) is 11.6 Å². The minimum absolute atomic E-state index is 0.0471. The fourth-order valence-electron chi connectivity index (χ4n) is 6.41. The van der Waals surface area contributed by atoms with Gasteiger partial charge in [-0.3, -0.25) is 9.69 Å². The number of rotatable bonds is 11. The van der Waals surface area contributed by atoms with Gasteiger partial charge < -0.3 is 20.3 Å². The van der Waals surface area contributed by atoms with Gasteiger partial charge in [0.25, 0.3) is 11.8 Å². The zero-order valence-corrected chi connectivity index (χ0v) is 24.4. The Balaban J connectivity index is 1.52. The molecule has 1 amide bonds. The third kappa shape index (κ3) is 6.35. The van der Waals surface area contributed by atoms with Crippen molar-refractivity contribution >= 4 is 11.6 Å². The Labute approximate surface area is 232 Å². The van der Waals surface area contributed by atoms with Crippen molar-refractivity contribution in [2.45, 2.75) is 78.9 Å². The van der Waals surface area contributed by atoms with Crippen LogP contribution in [0.25, 0.3) is 0 Å². The molecule has 1 aromatic carbocycles. The highest BCUT2D eigenvalue weighted by atomic mass is 19.1. The number of aromatic nitrogens is 2. The van der Waals surface area contributed by atoms with E-state index in [4.69, 9.17) is 10.5 Å². The summed E-state index contributed by atoms with van der Waals surface area (Å²) in [4.78, 5) is 20.1. The average Bonchev–Trinajstić information content (AvgIpc) is 3.30. The van der Waals surface area contributed by atoms with Crippen LogP contribution >= 0.6 is 0 Å². The van der Waals surface area contributed by atoms with Crippen molar-refractivity contribution in [2.75, 3.05) is 37.6 Å². The third-order valence-electron chi connectivity index (χ3n) is 8.19. The zero-order valence-electron chi connectivity index (χ0n) is 24.4. The number of ether oxygens (including phenoxy) is 1. The summed E-state index contributed by atoms with van der Waals surface area (Å²) >= 11 is 0. The van der Waals surface area contributed by atoms with Crippen LogP contribution in [0.3, 0.4) is 0 Å². The van der Waals surface area contributed by atoms with E-state index in [2.05, 4.69) is 33.8 Å². The minimum atomic E-state index is -0.486. The Morgan fingerprint density at radius 3 is 2.49 bits per heavy atom. The summed E-state index contributed by atoms with van der Waals surface area (Å²) < 4.78 is 20.5. The van der Waals surface area contributed by atoms with Crippen LogP contribution in [0.15, 0.2) is 30.5 Å². The van der Waals surface area contributed by atoms with E-state index < -0.39 is 5.82 Å². The van der Waals surface area contributed by atoms with Crippen LogP contribution in [0.5, 0.6) is 11.6 Å². The van der Waals surface area contributed by atoms with Crippen molar-refractivity contribution in [1.29, 1.82) is 0 Å². The van der Waals surface area contributed by atoms with Gasteiger partial charge in [-0.2, -0.15) is 5.10 Å². The van der Waals surface area contributed by atoms with Crippen molar-refractivity contribution in [3.05, 3.63) is 41.8 Å². The van der Waals surface area contributed by atoms with Gasteiger partial charge in [0, 0.05) is 49.7 Å². The number of carbonyl (C=O) groups excluding carboxylic acids is 1. The standard InChI is InChI=1S/C30H45FN6O2/c1-20(2)25(8-7-13-32)36-18-30(19-36)12-15-35(17-30)26-11-14-33-34-28(26)39-27-10-9-23(31)16-24(27)29(38)37(21(3)4)22(5)6/h9-11,14,16,20-22,25H,7-8,12-13,15,17-19,32H2,1-6H3. The van der Waals surface area contributed by atoms with Gasteiger partial charge in [-0.1, -0.05) is 13.8 Å². The predicted molar refractivity (Wildman–Crippen MR) is 153 cm³/mol. The first kappa shape index (κ1) is 29.2. The molecule has 2 aliphatic heterocycles. The molecule has 2 aromatic rings. The van der Waals surface area contributed by atoms with Crippen LogP contribution in [0, 0.1) is 17.2 Å². The Bertz CT molecular complexity index is 1130. The minimum Gasteiger partial charge on any atom is -0.435 e. The van der Waals surface area contributed by atoms with E-state index in [9.17, 15) is 9.18 Å². The molecular weight excluding hydrogens is 495 g/mol. The molecule has 8 nitrogen and oxygen atoms in total. The Morgan fingerprint density at radius 2 is 1.85 bits per heavy atom. The number of likely N-dealkylation sites (tertiary alicyclic amines) is 1. The summed E-state index contributed by atoms with van der Waals surface area (Å²) in [5.74, 6) is 0.447. The molecule has 2 fully saturated rings. The van der Waals surface area contributed by atoms with Crippen LogP contribution in [0.4, 0.5) is 10.1 Å². The van der Waals surface area contributed by atoms with Gasteiger partial charge in [0.2, 0.25) is 0 Å². The molecule has 0 aliphatic carbocycles. The summed E-state index contributed by atoms with van der Waals surface area (Å²) in [6, 6.07) is 6.44. The Morgan fingerprint density at radius 1 is 1.13 bits per heavy atom. The monoisotopic (exact) mass is 540 g/mol. The molecule has 2 saturated heterocycles. The average molecular weight is 541 g/mol. The maximum atomic E-state index is 14.3. The molecule has 0 radical (unpaired) electrons. The van der Waals surface area contributed by atoms with E-state index in [1.54, 1.807) is 11.1 Å². The van der Waals surface area contributed by atoms with E-state index in [0.717, 1.165) is 57.7 Å². The molecule has 2 N–H and O–H groups in total. The van der Waals surface area contributed by atoms with E-state index in [0.29, 0.717) is 17.8 Å². The van der Waals surface area contributed by atoms with Crippen LogP contribution in [-0.2, 0) is 0 Å². The number of halogens is 1. The van der Waals surface area contributed by atoms with Gasteiger partial charge in [0.05, 0.1) is 11.8 Å². The first-order chi connectivity index (χ1) is 18.5. The van der Waals surface area contributed by atoms with Crippen molar-refractivity contribution in [2.24, 2.45) is 17.1 Å². The highest BCUT2D eigenvalue weighted by Gasteiger charge is 2.50. The Hall–Kier alpha value is -2.78. The highest BCUT2D eigenvalue weighted by molar-refractivity contribution is 5.97. The molecule has 1 spiro atoms. The molecule has 0 bridgehead atoms. The second kappa shape index (κ2) is 12.2. The molecule has 9 heteroatoms. The second-order valence-electron chi connectivity index (χ2n) is 12.2. The van der Waals surface area contributed by atoms with Gasteiger partial charge >= 0.3 is 0 Å². The van der Waals surface area contributed by atoms with E-state index in [1.807, 2.05) is 33.8 Å². The maximum Gasteiger partial charge on any atom is 0.262 e. The SMILES string of the molecule is CC(C)C(CCCN)N1CC2(CCN(c3ccnnc3Oc3ccc(F)cc3C(=O)N(C(C)C)C(C)C)C2)C1. The predicted octanol–water partition coefficient (Wildman–Crippen LogP) is 4.94. The quantitative estimate of drug-likeness (QED) is 0.432. The van der Waals surface area contributed by atoms with E-state index in [-0.39, 0.29) is 34.7 Å². The van der Waals surface area contributed by atoms with E-state index >= 15 is 0 Å². The summed E-state index contributed by atoms with van der Waals surface area (Å²) in [5.41, 5.74) is 7.07. The fourth-order valence-corrected chi connectivity index (χ4v) is 6.41. The maximum absolute atomic E-state index is 14.3. The topological polar surface area (TPSA) is 87.8 Å². The lowest BCUT2D eigenvalue weighted by Gasteiger charge is -2.53. The van der Waals surface area contributed by atoms with Crippen molar-refractivity contribution < 1.29 is 13.9 Å². The number of hydrogen-bond donors (Lipinski definition) is 1. The number of nitrogens with two attached hydrogens (primary N) is 1. The molecule has 3 heterocycles. The zero-order chi connectivity index (χ0) is 28.3. The lowest BCUT2D eigenvalue weighted by Crippen LogP contribution is -2.61. The first-order valence-electron chi connectivity index (χ1n) is 14.4. The van der Waals surface area contributed by atoms with Crippen LogP contribution in [0.1, 0.15) is 71.2 Å². The molecule has 1 aromatic heterocycles. The lowest BCUT2D eigenvalue weighted by molar-refractivity contribution is -0.0337. The summed E-state index contributed by atoms with van der Waals surface area (Å²) in [6.07, 6.45) is 4.97. The third-order valence-corrected chi connectivity index (χ3v) is 8.19. The lowest BCUT2D eigenvalue weighted by atomic mass is 9.76. The summed E-state index contributed by atoms with van der Waals surface area (Å²) in [6.45, 7) is 17.1. The number of anilines is 1. The first-order valence-corrected chi connectivity index (χ1v) is 14.4. The normalized spacial score (nSPS) is 17.8. The molecule has 1 atom stereocenters. The summed E-state index contributed by atoms with van der Waals surface area (Å²) in [7, 11) is 0. The van der Waals surface area contributed by atoms with Gasteiger partial charge in [0.15, 0.2) is 0 Å². The summed E-state index contributed by atoms with van der Waals surface area (Å²) in [5, 5.41) is 8.35. The number of amides is 1. The van der Waals surface area contributed by atoms with Crippen LogP contribution < -0.4 is 15.4 Å². The van der Waals surface area contributed by atoms with Gasteiger partial charge in [-0.25, -0.2) is 4.39 Å². The number of nitrogens with zero attached hydrogens (tertiary/aromatic N) is 5. The van der Waals surface area contributed by atoms with Crippen LogP contribution in [-0.4, -0.2) is 76.8 Å². The van der Waals surface area contributed by atoms with E-state index in [1.165, 1.54) is 18.2 Å². The molecule has 0 saturated carbocycles. The largest absolute Gasteiger partial charge is 0.435 e. The molecular formula is C30H45FN6O2. The molecule has 4 rings (SSSR count). The number of hydrogen-bond acceptors (Lipinski definition) is 7. The number of benzene rings is 1. The molecule has 39 heavy (non-hydrogen) atoms. The van der Waals surface area contributed by atoms with Gasteiger partial charge in [-0.15, -0.1) is 5.10 Å². The number of carbonyl (C=O) groups is 1. The highest BCUT2D eigenvalue weighted by Crippen LogP contribution is 2.45. The van der Waals surface area contributed by atoms with Crippen molar-refractivity contribution in [3.63, 3.8) is 0 Å². The van der Waals surface area contributed by atoms with Gasteiger partial charge in [0.1, 0.15) is 17.3 Å². The molecule has 2 aliphatic rings. The van der Waals surface area contributed by atoms with Crippen LogP contribution in [0.2, 0.25) is 0 Å². The smallest absolute Gasteiger partial charge is 0.262 e. The molecule has 1 unspecified atom stereocenters. The Kier molecular flexibility index (Phi) is 9.11.